The molecule has 0 radical (unpaired) electrons. The van der Waals surface area contributed by atoms with Crippen LogP contribution in [0.1, 0.15) is 5.56 Å². The molecule has 0 aliphatic heterocycles. The van der Waals surface area contributed by atoms with Crippen LogP contribution < -0.4 is 0 Å². The van der Waals surface area contributed by atoms with Gasteiger partial charge in [0.15, 0.2) is 0 Å². The fraction of sp³-hybridized carbons (Fsp3) is 0.222. The van der Waals surface area contributed by atoms with Crippen molar-refractivity contribution in [2.75, 3.05) is 6.26 Å². The number of hydrogen-bond donors (Lipinski definition) is 0. The first-order valence-corrected chi connectivity index (χ1v) is 6.75. The van der Waals surface area contributed by atoms with E-state index in [-0.39, 0.29) is 5.69 Å². The van der Waals surface area contributed by atoms with E-state index in [1.54, 1.807) is 0 Å². The number of tetrazole rings is 1. The Balaban J connectivity index is 2.59. The van der Waals surface area contributed by atoms with E-state index in [1.165, 1.54) is 6.07 Å². The Bertz CT molecular complexity index is 708. The number of halogens is 3. The largest absolute Gasteiger partial charge is 0.416 e. The third kappa shape index (κ3) is 2.72. The summed E-state index contributed by atoms with van der Waals surface area (Å²) >= 11 is 0. The van der Waals surface area contributed by atoms with Crippen molar-refractivity contribution in [3.63, 3.8) is 0 Å². The lowest BCUT2D eigenvalue weighted by atomic mass is 10.2. The Morgan fingerprint density at radius 2 is 1.95 bits per heavy atom. The van der Waals surface area contributed by atoms with Crippen LogP contribution in [0.25, 0.3) is 5.69 Å². The minimum Gasteiger partial charge on any atom is -0.221 e. The van der Waals surface area contributed by atoms with Crippen molar-refractivity contribution < 1.29 is 21.6 Å². The van der Waals surface area contributed by atoms with Crippen molar-refractivity contribution in [1.29, 1.82) is 0 Å². The second kappa shape index (κ2) is 4.30. The molecule has 0 saturated carbocycles. The molecule has 0 aliphatic rings. The van der Waals surface area contributed by atoms with Gasteiger partial charge in [-0.25, -0.2) is 8.42 Å². The highest BCUT2D eigenvalue weighted by molar-refractivity contribution is 7.90. The van der Waals surface area contributed by atoms with Gasteiger partial charge >= 0.3 is 6.18 Å². The average molecular weight is 292 g/mol. The number of sulfone groups is 1. The first kappa shape index (κ1) is 13.5. The number of rotatable bonds is 2. The highest BCUT2D eigenvalue weighted by Gasteiger charge is 2.31. The van der Waals surface area contributed by atoms with Crippen LogP contribution in [0.5, 0.6) is 0 Å². The molecule has 0 saturated heterocycles. The lowest BCUT2D eigenvalue weighted by Crippen LogP contribution is -2.11. The maximum Gasteiger partial charge on any atom is 0.416 e. The molecular weight excluding hydrogens is 285 g/mol. The van der Waals surface area contributed by atoms with Gasteiger partial charge in [0.25, 0.3) is 5.16 Å². The monoisotopic (exact) mass is 292 g/mol. The van der Waals surface area contributed by atoms with Crippen molar-refractivity contribution >= 4 is 9.84 Å². The molecule has 0 bridgehead atoms. The molecule has 0 spiro atoms. The first-order valence-electron chi connectivity index (χ1n) is 4.85. The van der Waals surface area contributed by atoms with E-state index in [0.717, 1.165) is 29.1 Å². The fourth-order valence-corrected chi connectivity index (χ4v) is 2.03. The van der Waals surface area contributed by atoms with Crippen LogP contribution in [0.2, 0.25) is 0 Å². The Labute approximate surface area is 105 Å². The molecule has 0 unspecified atom stereocenters. The summed E-state index contributed by atoms with van der Waals surface area (Å²) in [6.45, 7) is 0. The highest BCUT2D eigenvalue weighted by atomic mass is 32.2. The Morgan fingerprint density at radius 1 is 1.26 bits per heavy atom. The van der Waals surface area contributed by atoms with E-state index in [0.29, 0.717) is 0 Å². The van der Waals surface area contributed by atoms with Gasteiger partial charge in [-0.3, -0.25) is 0 Å². The zero-order chi connectivity index (χ0) is 14.3. The summed E-state index contributed by atoms with van der Waals surface area (Å²) in [7, 11) is -3.74. The zero-order valence-corrected chi connectivity index (χ0v) is 10.3. The van der Waals surface area contributed by atoms with Gasteiger partial charge in [0.1, 0.15) is 0 Å². The van der Waals surface area contributed by atoms with E-state index in [9.17, 15) is 21.6 Å². The van der Waals surface area contributed by atoms with Gasteiger partial charge in [-0.15, -0.1) is 0 Å². The standard InChI is InChI=1S/C9H7F3N4O2S/c1-19(17,18)8-13-14-15-16(8)7-4-2-3-6(5-7)9(10,11)12/h2-5H,1H3. The summed E-state index contributed by atoms with van der Waals surface area (Å²) < 4.78 is 61.2. The molecule has 0 aliphatic carbocycles. The van der Waals surface area contributed by atoms with E-state index < -0.39 is 26.7 Å². The minimum absolute atomic E-state index is 0.0831. The molecule has 0 N–H and O–H groups in total. The predicted molar refractivity (Wildman–Crippen MR) is 57.3 cm³/mol. The van der Waals surface area contributed by atoms with Crippen molar-refractivity contribution in [3.05, 3.63) is 29.8 Å². The summed E-state index contributed by atoms with van der Waals surface area (Å²) in [6.07, 6.45) is -3.67. The Hall–Kier alpha value is -1.97. The number of alkyl halides is 3. The maximum absolute atomic E-state index is 12.6. The molecule has 1 heterocycles. The maximum atomic E-state index is 12.6. The van der Waals surface area contributed by atoms with Gasteiger partial charge < -0.3 is 0 Å². The SMILES string of the molecule is CS(=O)(=O)c1nnnn1-c1cccc(C(F)(F)F)c1. The summed E-state index contributed by atoms with van der Waals surface area (Å²) in [4.78, 5) is 0. The van der Waals surface area contributed by atoms with E-state index in [1.807, 2.05) is 0 Å². The molecule has 19 heavy (non-hydrogen) atoms. The molecule has 2 aromatic rings. The third-order valence-corrected chi connectivity index (χ3v) is 3.11. The summed E-state index contributed by atoms with van der Waals surface area (Å²) in [6, 6.07) is 4.06. The molecule has 102 valence electrons. The highest BCUT2D eigenvalue weighted by Crippen LogP contribution is 2.30. The van der Waals surface area contributed by atoms with E-state index >= 15 is 0 Å². The number of benzene rings is 1. The second-order valence-corrected chi connectivity index (χ2v) is 5.60. The van der Waals surface area contributed by atoms with Crippen LogP contribution in [0.3, 0.4) is 0 Å². The predicted octanol–water partition coefficient (Wildman–Crippen LogP) is 1.08. The smallest absolute Gasteiger partial charge is 0.221 e. The lowest BCUT2D eigenvalue weighted by Gasteiger charge is -2.08. The normalized spacial score (nSPS) is 12.6. The number of hydrogen-bond acceptors (Lipinski definition) is 5. The average Bonchev–Trinajstić information content (AvgIpc) is 2.76. The molecule has 0 fully saturated rings. The first-order chi connectivity index (χ1) is 8.69. The van der Waals surface area contributed by atoms with Gasteiger partial charge in [0, 0.05) is 6.26 Å². The lowest BCUT2D eigenvalue weighted by molar-refractivity contribution is -0.137. The minimum atomic E-state index is -4.53. The van der Waals surface area contributed by atoms with E-state index in [2.05, 4.69) is 15.5 Å². The van der Waals surface area contributed by atoms with Crippen LogP contribution in [0.4, 0.5) is 13.2 Å². The Kier molecular flexibility index (Phi) is 3.04. The van der Waals surface area contributed by atoms with Crippen molar-refractivity contribution in [2.45, 2.75) is 11.3 Å². The summed E-state index contributed by atoms with van der Waals surface area (Å²) in [5.74, 6) is 0. The third-order valence-electron chi connectivity index (χ3n) is 2.19. The molecular formula is C9H7F3N4O2S. The van der Waals surface area contributed by atoms with Gasteiger partial charge in [0.2, 0.25) is 9.84 Å². The van der Waals surface area contributed by atoms with Crippen molar-refractivity contribution in [1.82, 2.24) is 20.2 Å². The van der Waals surface area contributed by atoms with Gasteiger partial charge in [-0.1, -0.05) is 11.2 Å². The summed E-state index contributed by atoms with van der Waals surface area (Å²) in [5.41, 5.74) is -1.000. The Morgan fingerprint density at radius 3 is 2.53 bits per heavy atom. The van der Waals surface area contributed by atoms with E-state index in [4.69, 9.17) is 0 Å². The van der Waals surface area contributed by atoms with Crippen molar-refractivity contribution in [3.8, 4) is 5.69 Å². The quantitative estimate of drug-likeness (QED) is 0.828. The molecule has 2 rings (SSSR count). The second-order valence-electron chi connectivity index (χ2n) is 3.69. The molecule has 6 nitrogen and oxygen atoms in total. The fourth-order valence-electron chi connectivity index (χ4n) is 1.39. The molecule has 0 amide bonds. The van der Waals surface area contributed by atoms with Crippen LogP contribution >= 0.6 is 0 Å². The number of nitrogens with zero attached hydrogens (tertiary/aromatic N) is 4. The molecule has 0 atom stereocenters. The topological polar surface area (TPSA) is 77.7 Å². The van der Waals surface area contributed by atoms with Gasteiger partial charge in [-0.2, -0.15) is 17.9 Å². The van der Waals surface area contributed by atoms with Crippen LogP contribution in [-0.4, -0.2) is 34.9 Å². The summed E-state index contributed by atoms with van der Waals surface area (Å²) in [5, 5.41) is 9.31. The van der Waals surface area contributed by atoms with Gasteiger partial charge in [-0.05, 0) is 28.6 Å². The number of aromatic nitrogens is 4. The van der Waals surface area contributed by atoms with Gasteiger partial charge in [0.05, 0.1) is 11.3 Å². The molecule has 10 heteroatoms. The van der Waals surface area contributed by atoms with Crippen LogP contribution in [-0.2, 0) is 16.0 Å². The molecule has 1 aromatic heterocycles. The van der Waals surface area contributed by atoms with Crippen LogP contribution in [0.15, 0.2) is 29.4 Å². The van der Waals surface area contributed by atoms with Crippen LogP contribution in [0, 0.1) is 0 Å². The molecule has 1 aromatic carbocycles. The zero-order valence-electron chi connectivity index (χ0n) is 9.46. The van der Waals surface area contributed by atoms with Crippen molar-refractivity contribution in [2.24, 2.45) is 0 Å².